The largest absolute Gasteiger partial charge is 0.381 e. The predicted molar refractivity (Wildman–Crippen MR) is 62.3 cm³/mol. The van der Waals surface area contributed by atoms with Crippen LogP contribution >= 0.6 is 10.7 Å². The fraction of sp³-hybridized carbons (Fsp3) is 0.455. The standard InChI is InChI=1S/C11H13ClO3S/c12-16(13,14)11-4-2-1-3-10(11)9-5-7-15-8-6-9/h1-4,9H,5-8H2. The van der Waals surface area contributed by atoms with Crippen LogP contribution in [0.4, 0.5) is 0 Å². The second-order valence-electron chi connectivity index (χ2n) is 3.86. The average Bonchev–Trinajstić information content (AvgIpc) is 2.29. The Kier molecular flexibility index (Phi) is 3.52. The van der Waals surface area contributed by atoms with Crippen LogP contribution in [0.5, 0.6) is 0 Å². The lowest BCUT2D eigenvalue weighted by molar-refractivity contribution is 0.0848. The summed E-state index contributed by atoms with van der Waals surface area (Å²) in [6.07, 6.45) is 1.70. The molecule has 1 aromatic rings. The van der Waals surface area contributed by atoms with Crippen molar-refractivity contribution in [3.8, 4) is 0 Å². The van der Waals surface area contributed by atoms with Crippen molar-refractivity contribution in [2.75, 3.05) is 13.2 Å². The van der Waals surface area contributed by atoms with Crippen LogP contribution in [-0.2, 0) is 13.8 Å². The lowest BCUT2D eigenvalue weighted by Gasteiger charge is -2.23. The maximum absolute atomic E-state index is 11.4. The first-order valence-electron chi connectivity index (χ1n) is 5.20. The Morgan fingerprint density at radius 1 is 1.19 bits per heavy atom. The van der Waals surface area contributed by atoms with Gasteiger partial charge in [0.15, 0.2) is 0 Å². The summed E-state index contributed by atoms with van der Waals surface area (Å²) in [7, 11) is 1.77. The van der Waals surface area contributed by atoms with Gasteiger partial charge in [-0.2, -0.15) is 0 Å². The Morgan fingerprint density at radius 2 is 1.81 bits per heavy atom. The SMILES string of the molecule is O=S(=O)(Cl)c1ccccc1C1CCOCC1. The number of hydrogen-bond donors (Lipinski definition) is 0. The van der Waals surface area contributed by atoms with Crippen molar-refractivity contribution in [1.29, 1.82) is 0 Å². The van der Waals surface area contributed by atoms with Gasteiger partial charge in [0.25, 0.3) is 9.05 Å². The Hall–Kier alpha value is -0.580. The van der Waals surface area contributed by atoms with Crippen LogP contribution < -0.4 is 0 Å². The molecular weight excluding hydrogens is 248 g/mol. The van der Waals surface area contributed by atoms with Crippen molar-refractivity contribution in [1.82, 2.24) is 0 Å². The van der Waals surface area contributed by atoms with E-state index in [4.69, 9.17) is 15.4 Å². The Labute approximate surface area is 99.8 Å². The lowest BCUT2D eigenvalue weighted by atomic mass is 9.92. The third-order valence-corrected chi connectivity index (χ3v) is 4.24. The lowest BCUT2D eigenvalue weighted by Crippen LogP contribution is -2.15. The molecule has 3 nitrogen and oxygen atoms in total. The average molecular weight is 261 g/mol. The second-order valence-corrected chi connectivity index (χ2v) is 6.40. The molecule has 1 fully saturated rings. The Balaban J connectivity index is 2.40. The van der Waals surface area contributed by atoms with E-state index in [2.05, 4.69) is 0 Å². The molecule has 16 heavy (non-hydrogen) atoms. The highest BCUT2D eigenvalue weighted by molar-refractivity contribution is 8.13. The minimum Gasteiger partial charge on any atom is -0.381 e. The summed E-state index contributed by atoms with van der Waals surface area (Å²) in [6.45, 7) is 1.36. The van der Waals surface area contributed by atoms with E-state index in [-0.39, 0.29) is 10.8 Å². The normalized spacial score (nSPS) is 18.6. The van der Waals surface area contributed by atoms with Crippen molar-refractivity contribution >= 4 is 19.7 Å². The van der Waals surface area contributed by atoms with Crippen LogP contribution in [0.3, 0.4) is 0 Å². The predicted octanol–water partition coefficient (Wildman–Crippen LogP) is 2.51. The van der Waals surface area contributed by atoms with Crippen LogP contribution in [0, 0.1) is 0 Å². The van der Waals surface area contributed by atoms with Crippen molar-refractivity contribution in [2.45, 2.75) is 23.7 Å². The van der Waals surface area contributed by atoms with Crippen molar-refractivity contribution in [3.63, 3.8) is 0 Å². The number of ether oxygens (including phenoxy) is 1. The van der Waals surface area contributed by atoms with Gasteiger partial charge in [0.05, 0.1) is 4.90 Å². The summed E-state index contributed by atoms with van der Waals surface area (Å²) in [5, 5.41) is 0. The van der Waals surface area contributed by atoms with E-state index >= 15 is 0 Å². The number of benzene rings is 1. The molecule has 1 saturated heterocycles. The molecule has 0 amide bonds. The van der Waals surface area contributed by atoms with Gasteiger partial charge >= 0.3 is 0 Å². The molecule has 0 bridgehead atoms. The molecule has 0 atom stereocenters. The number of hydrogen-bond acceptors (Lipinski definition) is 3. The molecule has 1 aliphatic rings. The molecule has 0 N–H and O–H groups in total. The molecule has 88 valence electrons. The molecule has 0 spiro atoms. The molecule has 0 unspecified atom stereocenters. The van der Waals surface area contributed by atoms with Crippen LogP contribution in [0.25, 0.3) is 0 Å². The Morgan fingerprint density at radius 3 is 2.44 bits per heavy atom. The van der Waals surface area contributed by atoms with Gasteiger partial charge in [-0.05, 0) is 30.4 Å². The zero-order chi connectivity index (χ0) is 11.6. The zero-order valence-corrected chi connectivity index (χ0v) is 10.3. The van der Waals surface area contributed by atoms with Gasteiger partial charge in [-0.25, -0.2) is 8.42 Å². The van der Waals surface area contributed by atoms with E-state index < -0.39 is 9.05 Å². The number of rotatable bonds is 2. The molecule has 1 aromatic carbocycles. The zero-order valence-electron chi connectivity index (χ0n) is 8.73. The summed E-state index contributed by atoms with van der Waals surface area (Å²) >= 11 is 0. The molecule has 0 aliphatic carbocycles. The summed E-state index contributed by atoms with van der Waals surface area (Å²) in [4.78, 5) is 0.239. The molecule has 0 saturated carbocycles. The van der Waals surface area contributed by atoms with E-state index in [0.29, 0.717) is 13.2 Å². The van der Waals surface area contributed by atoms with E-state index in [0.717, 1.165) is 18.4 Å². The van der Waals surface area contributed by atoms with Gasteiger partial charge in [-0.15, -0.1) is 0 Å². The highest BCUT2D eigenvalue weighted by Crippen LogP contribution is 2.32. The highest BCUT2D eigenvalue weighted by Gasteiger charge is 2.23. The Bertz CT molecular complexity index is 464. The van der Waals surface area contributed by atoms with Gasteiger partial charge in [-0.3, -0.25) is 0 Å². The van der Waals surface area contributed by atoms with Gasteiger partial charge in [0, 0.05) is 23.9 Å². The summed E-state index contributed by atoms with van der Waals surface area (Å²) in [5.41, 5.74) is 0.820. The summed E-state index contributed by atoms with van der Waals surface area (Å²) < 4.78 is 28.1. The molecule has 5 heteroatoms. The fourth-order valence-corrected chi connectivity index (χ4v) is 3.23. The summed E-state index contributed by atoms with van der Waals surface area (Å²) in [5.74, 6) is 0.235. The molecule has 0 radical (unpaired) electrons. The van der Waals surface area contributed by atoms with Gasteiger partial charge in [-0.1, -0.05) is 18.2 Å². The van der Waals surface area contributed by atoms with Crippen LogP contribution in [0.1, 0.15) is 24.3 Å². The van der Waals surface area contributed by atoms with E-state index in [1.165, 1.54) is 0 Å². The van der Waals surface area contributed by atoms with Crippen molar-refractivity contribution < 1.29 is 13.2 Å². The molecule has 2 rings (SSSR count). The highest BCUT2D eigenvalue weighted by atomic mass is 35.7. The first kappa shape index (κ1) is 11.9. The van der Waals surface area contributed by atoms with Crippen molar-refractivity contribution in [3.05, 3.63) is 29.8 Å². The number of halogens is 1. The van der Waals surface area contributed by atoms with E-state index in [1.807, 2.05) is 12.1 Å². The summed E-state index contributed by atoms with van der Waals surface area (Å²) in [6, 6.07) is 6.94. The molecule has 0 aromatic heterocycles. The van der Waals surface area contributed by atoms with E-state index in [9.17, 15) is 8.42 Å². The van der Waals surface area contributed by atoms with Crippen LogP contribution in [0.15, 0.2) is 29.2 Å². The fourth-order valence-electron chi connectivity index (χ4n) is 2.05. The molecular formula is C11H13ClO3S. The van der Waals surface area contributed by atoms with Gasteiger partial charge in [0.2, 0.25) is 0 Å². The second kappa shape index (κ2) is 4.73. The quantitative estimate of drug-likeness (QED) is 0.768. The van der Waals surface area contributed by atoms with Crippen LogP contribution in [-0.4, -0.2) is 21.6 Å². The monoisotopic (exact) mass is 260 g/mol. The van der Waals surface area contributed by atoms with Crippen molar-refractivity contribution in [2.24, 2.45) is 0 Å². The maximum atomic E-state index is 11.4. The first-order valence-corrected chi connectivity index (χ1v) is 7.51. The van der Waals surface area contributed by atoms with Gasteiger partial charge < -0.3 is 4.74 Å². The minimum absolute atomic E-state index is 0.235. The smallest absolute Gasteiger partial charge is 0.261 e. The maximum Gasteiger partial charge on any atom is 0.261 e. The van der Waals surface area contributed by atoms with Crippen LogP contribution in [0.2, 0.25) is 0 Å². The molecule has 1 aliphatic heterocycles. The molecule has 1 heterocycles. The van der Waals surface area contributed by atoms with E-state index in [1.54, 1.807) is 12.1 Å². The third kappa shape index (κ3) is 2.56. The third-order valence-electron chi connectivity index (χ3n) is 2.84. The topological polar surface area (TPSA) is 43.4 Å². The van der Waals surface area contributed by atoms with Gasteiger partial charge in [0.1, 0.15) is 0 Å². The first-order chi connectivity index (χ1) is 7.59. The minimum atomic E-state index is -3.65.